The minimum absolute atomic E-state index is 0. The zero-order valence-corrected chi connectivity index (χ0v) is 11.7. The molecule has 0 saturated carbocycles. The van der Waals surface area contributed by atoms with Gasteiger partial charge in [0.25, 0.3) is 17.1 Å². The molecule has 110 valence electrons. The Morgan fingerprint density at radius 1 is 0.714 bits per heavy atom. The van der Waals surface area contributed by atoms with Gasteiger partial charge in [0.2, 0.25) is 0 Å². The molecule has 0 aromatic heterocycles. The molecular formula is C6H3AlN3O10P. The first-order valence-electron chi connectivity index (χ1n) is 4.23. The summed E-state index contributed by atoms with van der Waals surface area (Å²) in [6, 6.07) is 1.98. The van der Waals surface area contributed by atoms with E-state index >= 15 is 0 Å². The van der Waals surface area contributed by atoms with Crippen LogP contribution in [0.1, 0.15) is 0 Å². The van der Waals surface area contributed by atoms with Crippen molar-refractivity contribution in [2.24, 2.45) is 0 Å². The molecule has 0 fully saturated rings. The Kier molecular flexibility index (Phi) is 8.52. The third-order valence-electron chi connectivity index (χ3n) is 1.52. The third-order valence-corrected chi connectivity index (χ3v) is 1.52. The van der Waals surface area contributed by atoms with Crippen molar-refractivity contribution in [2.75, 3.05) is 0 Å². The van der Waals surface area contributed by atoms with Crippen molar-refractivity contribution in [3.05, 3.63) is 48.5 Å². The molecule has 0 radical (unpaired) electrons. The van der Waals surface area contributed by atoms with Crippen molar-refractivity contribution in [2.45, 2.75) is 0 Å². The number of nitro groups is 3. The standard InChI is InChI=1S/C6H3N3O6.Al.H3O4P/c10-7(11)4-1-5(8(12)13)3-6(2-4)9(14)15;;1-5(2,3)4/h1-3H;;(H3,1,2,3,4)/q;+3;/p-3. The van der Waals surface area contributed by atoms with Crippen LogP contribution in [0, 0.1) is 30.3 Å². The van der Waals surface area contributed by atoms with Gasteiger partial charge in [-0.3, -0.25) is 30.3 Å². The molecule has 0 unspecified atom stereocenters. The molecule has 0 atom stereocenters. The van der Waals surface area contributed by atoms with Gasteiger partial charge in [0.05, 0.1) is 33.0 Å². The van der Waals surface area contributed by atoms with Crippen LogP contribution >= 0.6 is 7.82 Å². The monoisotopic (exact) mass is 335 g/mol. The molecule has 0 spiro atoms. The number of nitrogens with zero attached hydrogens (tertiary/aromatic N) is 3. The van der Waals surface area contributed by atoms with Gasteiger partial charge in [-0.05, 0) is 0 Å². The van der Waals surface area contributed by atoms with Crippen LogP contribution in [0.5, 0.6) is 0 Å². The molecule has 0 heterocycles. The Morgan fingerprint density at radius 3 is 0.952 bits per heavy atom. The van der Waals surface area contributed by atoms with Gasteiger partial charge < -0.3 is 19.2 Å². The van der Waals surface area contributed by atoms with Crippen LogP contribution in [0.3, 0.4) is 0 Å². The summed E-state index contributed by atoms with van der Waals surface area (Å²) in [4.78, 5) is 53.8. The fourth-order valence-corrected chi connectivity index (χ4v) is 0.896. The van der Waals surface area contributed by atoms with E-state index in [0.29, 0.717) is 18.2 Å². The Labute approximate surface area is 125 Å². The van der Waals surface area contributed by atoms with Crippen molar-refractivity contribution in [3.63, 3.8) is 0 Å². The fourth-order valence-electron chi connectivity index (χ4n) is 0.896. The molecule has 0 amide bonds. The van der Waals surface area contributed by atoms with E-state index in [-0.39, 0.29) is 17.4 Å². The van der Waals surface area contributed by atoms with E-state index in [2.05, 4.69) is 0 Å². The molecule has 1 aromatic carbocycles. The Hall–Kier alpha value is -1.94. The van der Waals surface area contributed by atoms with E-state index in [1.165, 1.54) is 0 Å². The Balaban J connectivity index is 0. The maximum atomic E-state index is 10.3. The maximum absolute atomic E-state index is 10.3. The minimum Gasteiger partial charge on any atom is -0.822 e. The van der Waals surface area contributed by atoms with E-state index in [9.17, 15) is 30.3 Å². The number of rotatable bonds is 3. The summed E-state index contributed by atoms with van der Waals surface area (Å²) in [6.07, 6.45) is 0. The molecule has 21 heavy (non-hydrogen) atoms. The van der Waals surface area contributed by atoms with E-state index in [0.717, 1.165) is 0 Å². The summed E-state index contributed by atoms with van der Waals surface area (Å²) < 4.78 is 8.55. The molecule has 0 N–H and O–H groups in total. The second kappa shape index (κ2) is 8.37. The van der Waals surface area contributed by atoms with E-state index in [1.807, 2.05) is 0 Å². The van der Waals surface area contributed by atoms with Crippen LogP contribution in [0.4, 0.5) is 17.1 Å². The average Bonchev–Trinajstić information content (AvgIpc) is 2.25. The van der Waals surface area contributed by atoms with Crippen LogP contribution < -0.4 is 14.7 Å². The van der Waals surface area contributed by atoms with Crippen molar-refractivity contribution in [1.82, 2.24) is 0 Å². The molecule has 0 aliphatic carbocycles. The Morgan fingerprint density at radius 2 is 0.857 bits per heavy atom. The number of nitro benzene ring substituents is 3. The summed E-state index contributed by atoms with van der Waals surface area (Å²) in [7, 11) is -5.39. The van der Waals surface area contributed by atoms with Crippen molar-refractivity contribution in [1.29, 1.82) is 0 Å². The number of phosphoric acid groups is 1. The van der Waals surface area contributed by atoms with Crippen molar-refractivity contribution < 1.29 is 34.0 Å². The molecule has 13 nitrogen and oxygen atoms in total. The predicted molar refractivity (Wildman–Crippen MR) is 59.8 cm³/mol. The summed E-state index contributed by atoms with van der Waals surface area (Å²) in [5, 5.41) is 30.9. The van der Waals surface area contributed by atoms with Gasteiger partial charge in [-0.25, -0.2) is 0 Å². The number of hydrogen-bond donors (Lipinski definition) is 0. The fraction of sp³-hybridized carbons (Fsp3) is 0. The largest absolute Gasteiger partial charge is 3.00 e. The summed E-state index contributed by atoms with van der Waals surface area (Å²) >= 11 is 0. The third kappa shape index (κ3) is 9.57. The minimum atomic E-state index is -5.39. The molecule has 1 aromatic rings. The van der Waals surface area contributed by atoms with Crippen molar-refractivity contribution in [3.8, 4) is 0 Å². The van der Waals surface area contributed by atoms with E-state index in [4.69, 9.17) is 19.2 Å². The zero-order chi connectivity index (χ0) is 16.1. The van der Waals surface area contributed by atoms with Gasteiger partial charge in [-0.1, -0.05) is 0 Å². The number of hydrogen-bond acceptors (Lipinski definition) is 10. The SMILES string of the molecule is O=P([O-])([O-])[O-].O=[N+]([O-])c1cc([N+](=O)[O-])cc([N+](=O)[O-])c1.[Al+3]. The molecule has 0 saturated heterocycles. The molecule has 15 heteroatoms. The molecule has 1 rings (SSSR count). The summed E-state index contributed by atoms with van der Waals surface area (Å²) in [5.41, 5.74) is -2.05. The zero-order valence-electron chi connectivity index (χ0n) is 9.68. The second-order valence-electron chi connectivity index (χ2n) is 2.93. The van der Waals surface area contributed by atoms with Crippen LogP contribution in [-0.2, 0) is 4.57 Å². The topological polar surface area (TPSA) is 216 Å². The predicted octanol–water partition coefficient (Wildman–Crippen LogP) is -1.79. The van der Waals surface area contributed by atoms with Gasteiger partial charge in [0.15, 0.2) is 0 Å². The quantitative estimate of drug-likeness (QED) is 0.261. The summed E-state index contributed by atoms with van der Waals surface area (Å²) in [6.45, 7) is 0. The van der Waals surface area contributed by atoms with E-state index in [1.54, 1.807) is 0 Å². The number of benzene rings is 1. The second-order valence-corrected chi connectivity index (χ2v) is 3.82. The molecule has 0 aliphatic rings. The van der Waals surface area contributed by atoms with Crippen LogP contribution in [0.25, 0.3) is 0 Å². The normalized spacial score (nSPS) is 9.67. The Bertz CT molecular complexity index is 513. The smallest absolute Gasteiger partial charge is 0.822 e. The molecule has 0 aliphatic heterocycles. The van der Waals surface area contributed by atoms with Crippen LogP contribution in [0.2, 0.25) is 0 Å². The first-order chi connectivity index (χ1) is 8.91. The number of non-ortho nitro benzene ring substituents is 3. The molecule has 0 bridgehead atoms. The van der Waals surface area contributed by atoms with Gasteiger partial charge >= 0.3 is 17.4 Å². The maximum Gasteiger partial charge on any atom is 3.00 e. The average molecular weight is 335 g/mol. The van der Waals surface area contributed by atoms with Gasteiger partial charge in [-0.15, -0.1) is 0 Å². The van der Waals surface area contributed by atoms with Crippen molar-refractivity contribution >= 4 is 42.2 Å². The van der Waals surface area contributed by atoms with Gasteiger partial charge in [0.1, 0.15) is 0 Å². The van der Waals surface area contributed by atoms with Gasteiger partial charge in [0, 0.05) is 0 Å². The van der Waals surface area contributed by atoms with Crippen LogP contribution in [-0.4, -0.2) is 32.1 Å². The first-order valence-corrected chi connectivity index (χ1v) is 5.69. The first kappa shape index (κ1) is 21.4. The van der Waals surface area contributed by atoms with Gasteiger partial charge in [-0.2, -0.15) is 7.82 Å². The molecular weight excluding hydrogens is 332 g/mol. The van der Waals surface area contributed by atoms with Crippen LogP contribution in [0.15, 0.2) is 18.2 Å². The van der Waals surface area contributed by atoms with E-state index < -0.39 is 39.7 Å². The summed E-state index contributed by atoms with van der Waals surface area (Å²) in [5.74, 6) is 0.